The van der Waals surface area contributed by atoms with Crippen molar-refractivity contribution >= 4 is 46.3 Å². The number of hydrogen-bond donors (Lipinski definition) is 3. The molecule has 0 radical (unpaired) electrons. The Morgan fingerprint density at radius 3 is 2.52 bits per heavy atom. The molecule has 0 spiro atoms. The van der Waals surface area contributed by atoms with Crippen molar-refractivity contribution in [1.29, 1.82) is 5.26 Å². The summed E-state index contributed by atoms with van der Waals surface area (Å²) in [5.74, 6) is -2.55. The van der Waals surface area contributed by atoms with Gasteiger partial charge in [0.1, 0.15) is 5.52 Å². The van der Waals surface area contributed by atoms with Crippen LogP contribution in [0.1, 0.15) is 33.0 Å². The van der Waals surface area contributed by atoms with Crippen LogP contribution < -0.4 is 10.6 Å². The average molecular weight is 587 g/mol. The highest BCUT2D eigenvalue weighted by atomic mass is 16.4. The molecule has 0 bridgehead atoms. The second kappa shape index (κ2) is 12.1. The van der Waals surface area contributed by atoms with Crippen molar-refractivity contribution < 1.29 is 23.9 Å². The molecule has 11 heteroatoms. The highest BCUT2D eigenvalue weighted by molar-refractivity contribution is 5.95. The lowest BCUT2D eigenvalue weighted by Gasteiger charge is -2.17. The van der Waals surface area contributed by atoms with E-state index in [0.29, 0.717) is 33.6 Å². The number of rotatable bonds is 8. The van der Waals surface area contributed by atoms with Crippen LogP contribution in [0.3, 0.4) is 0 Å². The van der Waals surface area contributed by atoms with E-state index in [4.69, 9.17) is 9.68 Å². The van der Waals surface area contributed by atoms with Crippen molar-refractivity contribution in [2.45, 2.75) is 12.3 Å². The van der Waals surface area contributed by atoms with E-state index < -0.39 is 11.9 Å². The van der Waals surface area contributed by atoms with E-state index in [1.165, 1.54) is 12.4 Å². The lowest BCUT2D eigenvalue weighted by atomic mass is 9.89. The van der Waals surface area contributed by atoms with Crippen LogP contribution >= 0.6 is 0 Å². The monoisotopic (exact) mass is 586 g/mol. The van der Waals surface area contributed by atoms with Crippen LogP contribution in [0.5, 0.6) is 0 Å². The van der Waals surface area contributed by atoms with Crippen LogP contribution in [0, 0.1) is 17.2 Å². The number of nitrogens with zero attached hydrogens (tertiary/aromatic N) is 4. The average Bonchev–Trinajstić information content (AvgIpc) is 3.66. The maximum absolute atomic E-state index is 12.9. The second-order valence-corrected chi connectivity index (χ2v) is 10.5. The summed E-state index contributed by atoms with van der Waals surface area (Å²) in [6.07, 6.45) is 3.16. The van der Waals surface area contributed by atoms with Crippen molar-refractivity contribution in [3.8, 4) is 6.07 Å². The van der Waals surface area contributed by atoms with Gasteiger partial charge in [-0.2, -0.15) is 10.2 Å². The molecule has 0 saturated carbocycles. The van der Waals surface area contributed by atoms with E-state index in [-0.39, 0.29) is 43.3 Å². The normalized spacial score (nSPS) is 15.9. The Labute approximate surface area is 251 Å². The van der Waals surface area contributed by atoms with Gasteiger partial charge in [-0.15, -0.1) is 0 Å². The molecule has 1 aliphatic rings. The Morgan fingerprint density at radius 1 is 0.977 bits per heavy atom. The molecule has 6 rings (SSSR count). The maximum atomic E-state index is 12.9. The zero-order chi connectivity index (χ0) is 30.6. The number of hydrogen-bond acceptors (Lipinski definition) is 8. The Kier molecular flexibility index (Phi) is 7.71. The quantitative estimate of drug-likeness (QED) is 0.228. The van der Waals surface area contributed by atoms with Crippen molar-refractivity contribution in [1.82, 2.24) is 14.9 Å². The fourth-order valence-electron chi connectivity index (χ4n) is 5.36. The molecule has 1 saturated heterocycles. The number of likely N-dealkylation sites (tertiary alicyclic amines) is 1. The molecule has 2 aromatic heterocycles. The first kappa shape index (κ1) is 28.1. The molecular formula is C33H26N6O5. The fourth-order valence-corrected chi connectivity index (χ4v) is 5.36. The van der Waals surface area contributed by atoms with Gasteiger partial charge in [0, 0.05) is 48.3 Å². The third-order valence-corrected chi connectivity index (χ3v) is 7.53. The van der Waals surface area contributed by atoms with Crippen LogP contribution in [-0.4, -0.2) is 50.8 Å². The molecule has 1 fully saturated rings. The van der Waals surface area contributed by atoms with Crippen LogP contribution in [0.15, 0.2) is 95.7 Å². The zero-order valence-electron chi connectivity index (χ0n) is 23.3. The van der Waals surface area contributed by atoms with Gasteiger partial charge >= 0.3 is 5.97 Å². The summed E-state index contributed by atoms with van der Waals surface area (Å²) in [5.41, 5.74) is 4.86. The molecule has 3 heterocycles. The van der Waals surface area contributed by atoms with Crippen LogP contribution in [0.25, 0.3) is 11.1 Å². The molecule has 218 valence electrons. The van der Waals surface area contributed by atoms with E-state index >= 15 is 0 Å². The van der Waals surface area contributed by atoms with Gasteiger partial charge < -0.3 is 25.1 Å². The van der Waals surface area contributed by atoms with Gasteiger partial charge in [-0.1, -0.05) is 24.3 Å². The van der Waals surface area contributed by atoms with Gasteiger partial charge in [0.15, 0.2) is 5.58 Å². The largest absolute Gasteiger partial charge is 0.481 e. The first-order valence-corrected chi connectivity index (χ1v) is 13.8. The molecule has 44 heavy (non-hydrogen) atoms. The first-order chi connectivity index (χ1) is 21.4. The summed E-state index contributed by atoms with van der Waals surface area (Å²) in [6, 6.07) is 24.9. The summed E-state index contributed by atoms with van der Waals surface area (Å²) >= 11 is 0. The van der Waals surface area contributed by atoms with E-state index in [2.05, 4.69) is 26.7 Å². The Bertz CT molecular complexity index is 1900. The van der Waals surface area contributed by atoms with Crippen molar-refractivity contribution in [2.24, 2.45) is 5.92 Å². The predicted molar refractivity (Wildman–Crippen MR) is 161 cm³/mol. The number of aliphatic carboxylic acids is 1. The lowest BCUT2D eigenvalue weighted by molar-refractivity contribution is -0.141. The summed E-state index contributed by atoms with van der Waals surface area (Å²) in [6.45, 7) is 0.387. The summed E-state index contributed by atoms with van der Waals surface area (Å²) in [5, 5.41) is 24.9. The molecule has 0 aliphatic carbocycles. The first-order valence-electron chi connectivity index (χ1n) is 13.8. The predicted octanol–water partition coefficient (Wildman–Crippen LogP) is 4.96. The summed E-state index contributed by atoms with van der Waals surface area (Å²) in [7, 11) is 0. The molecule has 5 aromatic rings. The number of carbonyl (C=O) groups is 3. The minimum Gasteiger partial charge on any atom is -0.481 e. The van der Waals surface area contributed by atoms with Gasteiger partial charge in [0.25, 0.3) is 11.9 Å². The van der Waals surface area contributed by atoms with Crippen molar-refractivity contribution in [3.05, 3.63) is 114 Å². The van der Waals surface area contributed by atoms with Gasteiger partial charge in [-0.25, -0.2) is 0 Å². The molecule has 2 amide bonds. The number of carboxylic acid groups (broad SMARTS) is 1. The number of nitrogens with one attached hydrogen (secondary N) is 2. The van der Waals surface area contributed by atoms with Gasteiger partial charge in [-0.3, -0.25) is 19.4 Å². The maximum Gasteiger partial charge on any atom is 0.308 e. The van der Waals surface area contributed by atoms with E-state index in [9.17, 15) is 19.5 Å². The number of oxazole rings is 1. The molecule has 3 aromatic carbocycles. The van der Waals surface area contributed by atoms with Gasteiger partial charge in [-0.05, 0) is 65.7 Å². The van der Waals surface area contributed by atoms with E-state index in [1.807, 2.05) is 0 Å². The number of fused-ring (bicyclic) bond motifs is 1. The van der Waals surface area contributed by atoms with Crippen molar-refractivity contribution in [2.75, 3.05) is 23.7 Å². The molecule has 11 nitrogen and oxygen atoms in total. The zero-order valence-corrected chi connectivity index (χ0v) is 23.3. The number of carbonyl (C=O) groups excluding carboxylic acids is 2. The Balaban J connectivity index is 1.09. The molecule has 2 unspecified atom stereocenters. The lowest BCUT2D eigenvalue weighted by Crippen LogP contribution is -2.29. The number of amides is 2. The standard InChI is InChI=1S/C33H26N6O5/c34-17-21-2-1-3-25(14-21)37-33-38-28-9-4-20(15-29(28)44-33)16-30(40)36-24-7-5-22(6-8-24)26-18-39(19-27(26)32(42)43)31(41)23-10-12-35-13-11-23/h1-15,26-27H,16,18-19H2,(H,36,40)(H,37,38)(H,42,43). The second-order valence-electron chi connectivity index (χ2n) is 10.5. The number of aromatic nitrogens is 2. The SMILES string of the molecule is N#Cc1cccc(Nc2nc3ccc(CC(=O)Nc4ccc(C5CN(C(=O)c6ccncc6)CC5C(=O)O)cc4)cc3o2)c1. The molecule has 2 atom stereocenters. The third kappa shape index (κ3) is 6.10. The molecular weight excluding hydrogens is 560 g/mol. The minimum absolute atomic E-state index is 0.0984. The van der Waals surface area contributed by atoms with Gasteiger partial charge in [0.05, 0.1) is 24.0 Å². The topological polar surface area (TPSA) is 161 Å². The smallest absolute Gasteiger partial charge is 0.308 e. The molecule has 1 aliphatic heterocycles. The fraction of sp³-hybridized carbons (Fsp3) is 0.152. The number of anilines is 3. The van der Waals surface area contributed by atoms with Crippen LogP contribution in [0.2, 0.25) is 0 Å². The minimum atomic E-state index is -0.961. The highest BCUT2D eigenvalue weighted by Gasteiger charge is 2.40. The number of benzene rings is 3. The summed E-state index contributed by atoms with van der Waals surface area (Å²) in [4.78, 5) is 47.7. The van der Waals surface area contributed by atoms with Crippen molar-refractivity contribution in [3.63, 3.8) is 0 Å². The highest BCUT2D eigenvalue weighted by Crippen LogP contribution is 2.34. The Hall–Kier alpha value is -6.02. The van der Waals surface area contributed by atoms with Crippen LogP contribution in [0.4, 0.5) is 17.4 Å². The van der Waals surface area contributed by atoms with Gasteiger partial charge in [0.2, 0.25) is 5.91 Å². The third-order valence-electron chi connectivity index (χ3n) is 7.53. The van der Waals surface area contributed by atoms with Crippen LogP contribution in [-0.2, 0) is 16.0 Å². The molecule has 3 N–H and O–H groups in total. The van der Waals surface area contributed by atoms with E-state index in [1.54, 1.807) is 83.8 Å². The van der Waals surface area contributed by atoms with E-state index in [0.717, 1.165) is 11.1 Å². The summed E-state index contributed by atoms with van der Waals surface area (Å²) < 4.78 is 5.81. The number of pyridine rings is 1. The Morgan fingerprint density at radius 2 is 1.77 bits per heavy atom. The number of nitriles is 1. The number of carboxylic acids is 1.